The molecule has 0 aromatic rings. The quantitative estimate of drug-likeness (QED) is 0.682. The molecule has 0 spiro atoms. The predicted octanol–water partition coefficient (Wildman–Crippen LogP) is 2.93. The molecule has 3 atom stereocenters. The Balaban J connectivity index is 2.59. The van der Waals surface area contributed by atoms with E-state index in [0.717, 1.165) is 11.5 Å². The molecule has 2 fully saturated rings. The first kappa shape index (κ1) is 13.8. The largest absolute Gasteiger partial charge is 0.306 e. The van der Waals surface area contributed by atoms with Gasteiger partial charge >= 0.3 is 11.4 Å². The first-order chi connectivity index (χ1) is 7.56. The highest BCUT2D eigenvalue weighted by Crippen LogP contribution is 2.62. The lowest BCUT2D eigenvalue weighted by atomic mass is 9.59. The van der Waals surface area contributed by atoms with Crippen molar-refractivity contribution >= 4 is 23.1 Å². The van der Waals surface area contributed by atoms with Gasteiger partial charge in [-0.15, -0.1) is 0 Å². The Hall–Kier alpha value is 0.420. The lowest BCUT2D eigenvalue weighted by Crippen LogP contribution is -2.64. The fraction of sp³-hybridized carbons (Fsp3) is 1.00. The van der Waals surface area contributed by atoms with E-state index in [9.17, 15) is 4.21 Å². The maximum atomic E-state index is 11.8. The van der Waals surface area contributed by atoms with Crippen LogP contribution in [0.3, 0.4) is 0 Å². The minimum atomic E-state index is -1.62. The summed E-state index contributed by atoms with van der Waals surface area (Å²) in [7, 11) is 0. The molecule has 0 aromatic carbocycles. The van der Waals surface area contributed by atoms with Crippen LogP contribution < -0.4 is 0 Å². The van der Waals surface area contributed by atoms with Gasteiger partial charge in [0.15, 0.2) is 0 Å². The number of rotatable bonds is 0. The number of hydrogen-bond acceptors (Lipinski definition) is 4. The van der Waals surface area contributed by atoms with E-state index in [0.29, 0.717) is 0 Å². The molecule has 2 heterocycles. The summed E-state index contributed by atoms with van der Waals surface area (Å²) in [4.78, 5) is 0. The Kier molecular flexibility index (Phi) is 3.02. The molecule has 0 saturated carbocycles. The van der Waals surface area contributed by atoms with Crippen LogP contribution in [0.4, 0.5) is 0 Å². The first-order valence-electron chi connectivity index (χ1n) is 5.94. The molecule has 2 aliphatic rings. The van der Waals surface area contributed by atoms with Gasteiger partial charge in [0, 0.05) is 11.5 Å². The third kappa shape index (κ3) is 1.66. The highest BCUT2D eigenvalue weighted by Gasteiger charge is 2.73. The van der Waals surface area contributed by atoms with Gasteiger partial charge in [-0.2, -0.15) is 16.0 Å². The fourth-order valence-corrected chi connectivity index (χ4v) is 6.56. The lowest BCUT2D eigenvalue weighted by Gasteiger charge is -2.50. The van der Waals surface area contributed by atoms with Crippen molar-refractivity contribution in [2.45, 2.75) is 52.7 Å². The number of hydrogen-bond donors (Lipinski definition) is 0. The number of thioether (sulfide) groups is 1. The van der Waals surface area contributed by atoms with Gasteiger partial charge in [-0.05, 0) is 10.8 Å². The molecule has 2 rings (SSSR count). The van der Waals surface area contributed by atoms with E-state index < -0.39 is 22.6 Å². The summed E-state index contributed by atoms with van der Waals surface area (Å²) in [5.74, 6) is 1.69. The Bertz CT molecular complexity index is 324. The molecule has 3 nitrogen and oxygen atoms in total. The van der Waals surface area contributed by atoms with Gasteiger partial charge in [0.2, 0.25) is 0 Å². The summed E-state index contributed by atoms with van der Waals surface area (Å²) in [5.41, 5.74) is -1.13. The summed E-state index contributed by atoms with van der Waals surface area (Å²) in [5, 5.41) is 0. The average molecular weight is 278 g/mol. The van der Waals surface area contributed by atoms with Crippen molar-refractivity contribution in [1.82, 2.24) is 0 Å². The summed E-state index contributed by atoms with van der Waals surface area (Å²) in [6, 6.07) is 0. The van der Waals surface area contributed by atoms with Gasteiger partial charge in [-0.1, -0.05) is 41.5 Å². The van der Waals surface area contributed by atoms with Crippen LogP contribution in [0, 0.1) is 10.8 Å². The zero-order valence-corrected chi connectivity index (χ0v) is 13.1. The summed E-state index contributed by atoms with van der Waals surface area (Å²) in [6.45, 7) is 12.9. The van der Waals surface area contributed by atoms with Gasteiger partial charge < -0.3 is 0 Å². The molecule has 17 heavy (non-hydrogen) atoms. The van der Waals surface area contributed by atoms with Crippen LogP contribution in [0.1, 0.15) is 41.5 Å². The van der Waals surface area contributed by atoms with E-state index >= 15 is 0 Å². The molecule has 0 N–H and O–H groups in total. The molecule has 2 saturated heterocycles. The van der Waals surface area contributed by atoms with Crippen LogP contribution in [0.2, 0.25) is 0 Å². The van der Waals surface area contributed by atoms with Crippen LogP contribution in [-0.2, 0) is 19.7 Å². The molecular weight excluding hydrogens is 256 g/mol. The van der Waals surface area contributed by atoms with Crippen LogP contribution in [0.5, 0.6) is 0 Å². The molecule has 100 valence electrons. The maximum Gasteiger partial charge on any atom is 0.306 e. The SMILES string of the molecule is CC(C)(C)[C@@]12CSC[C@]1(C(C)(C)C)OS(=O)O2. The molecule has 2 aliphatic heterocycles. The molecule has 0 aliphatic carbocycles. The Morgan fingerprint density at radius 3 is 1.59 bits per heavy atom. The van der Waals surface area contributed by atoms with Crippen molar-refractivity contribution in [3.63, 3.8) is 0 Å². The monoisotopic (exact) mass is 278 g/mol. The zero-order valence-electron chi connectivity index (χ0n) is 11.5. The Morgan fingerprint density at radius 2 is 1.29 bits per heavy atom. The average Bonchev–Trinajstić information content (AvgIpc) is 2.53. The van der Waals surface area contributed by atoms with E-state index in [2.05, 4.69) is 41.5 Å². The van der Waals surface area contributed by atoms with E-state index in [1.54, 1.807) is 0 Å². The second kappa shape index (κ2) is 3.71. The zero-order chi connectivity index (χ0) is 13.1. The highest BCUT2D eigenvalue weighted by atomic mass is 32.2. The maximum absolute atomic E-state index is 11.8. The van der Waals surface area contributed by atoms with Gasteiger partial charge in [0.25, 0.3) is 0 Å². The Labute approximate surface area is 111 Å². The van der Waals surface area contributed by atoms with Crippen molar-refractivity contribution in [2.75, 3.05) is 11.5 Å². The minimum Gasteiger partial charge on any atom is -0.257 e. The minimum absolute atomic E-state index is 0.101. The second-order valence-corrected chi connectivity index (χ2v) is 8.74. The summed E-state index contributed by atoms with van der Waals surface area (Å²) < 4.78 is 23.4. The molecule has 0 amide bonds. The van der Waals surface area contributed by atoms with Gasteiger partial charge in [-0.25, -0.2) is 0 Å². The van der Waals surface area contributed by atoms with Crippen molar-refractivity contribution in [1.29, 1.82) is 0 Å². The summed E-state index contributed by atoms with van der Waals surface area (Å²) in [6.07, 6.45) is 0. The van der Waals surface area contributed by atoms with E-state index in [4.69, 9.17) is 8.37 Å². The molecule has 0 bridgehead atoms. The van der Waals surface area contributed by atoms with Gasteiger partial charge in [-0.3, -0.25) is 8.37 Å². The normalized spacial score (nSPS) is 42.8. The third-order valence-electron chi connectivity index (χ3n) is 4.11. The summed E-state index contributed by atoms with van der Waals surface area (Å²) >= 11 is 0.219. The van der Waals surface area contributed by atoms with Gasteiger partial charge in [0.1, 0.15) is 11.2 Å². The van der Waals surface area contributed by atoms with Crippen molar-refractivity contribution in [3.05, 3.63) is 0 Å². The van der Waals surface area contributed by atoms with Crippen LogP contribution in [-0.4, -0.2) is 26.9 Å². The van der Waals surface area contributed by atoms with Gasteiger partial charge in [0.05, 0.1) is 0 Å². The topological polar surface area (TPSA) is 35.5 Å². The number of fused-ring (bicyclic) bond motifs is 1. The molecule has 5 heteroatoms. The first-order valence-corrected chi connectivity index (χ1v) is 8.10. The second-order valence-electron chi connectivity index (χ2n) is 7.02. The molecular formula is C12H22O3S2. The standard InChI is InChI=1S/C12H22O3S2/c1-9(2,3)11-7-16-8-12(11,10(4,5)6)15-17(13)14-11/h7-8H2,1-6H3/t11-,12+,17?. The van der Waals surface area contributed by atoms with E-state index in [1.807, 2.05) is 11.8 Å². The highest BCUT2D eigenvalue weighted by molar-refractivity contribution is 7.99. The molecule has 0 radical (unpaired) electrons. The third-order valence-corrected chi connectivity index (χ3v) is 6.17. The smallest absolute Gasteiger partial charge is 0.257 e. The van der Waals surface area contributed by atoms with Crippen LogP contribution in [0.25, 0.3) is 0 Å². The lowest BCUT2D eigenvalue weighted by molar-refractivity contribution is -0.133. The molecule has 1 unspecified atom stereocenters. The van der Waals surface area contributed by atoms with Crippen LogP contribution in [0.15, 0.2) is 0 Å². The van der Waals surface area contributed by atoms with Crippen molar-refractivity contribution < 1.29 is 12.6 Å². The fourth-order valence-electron chi connectivity index (χ4n) is 2.90. The van der Waals surface area contributed by atoms with Crippen molar-refractivity contribution in [2.24, 2.45) is 10.8 Å². The molecule has 0 aromatic heterocycles. The van der Waals surface area contributed by atoms with Crippen molar-refractivity contribution in [3.8, 4) is 0 Å². The Morgan fingerprint density at radius 1 is 0.941 bits per heavy atom. The predicted molar refractivity (Wildman–Crippen MR) is 72.0 cm³/mol. The van der Waals surface area contributed by atoms with Crippen LogP contribution >= 0.6 is 11.8 Å². The van der Waals surface area contributed by atoms with E-state index in [1.165, 1.54) is 0 Å². The van der Waals surface area contributed by atoms with E-state index in [-0.39, 0.29) is 10.8 Å².